The summed E-state index contributed by atoms with van der Waals surface area (Å²) < 4.78 is 37.0. The topological polar surface area (TPSA) is 70.6 Å². The van der Waals surface area contributed by atoms with Crippen molar-refractivity contribution in [3.63, 3.8) is 0 Å². The van der Waals surface area contributed by atoms with E-state index in [0.29, 0.717) is 30.2 Å². The van der Waals surface area contributed by atoms with Crippen LogP contribution < -0.4 is 10.6 Å². The molecule has 0 amide bonds. The van der Waals surface area contributed by atoms with E-state index in [1.165, 1.54) is 35.6 Å². The van der Waals surface area contributed by atoms with Gasteiger partial charge in [0.15, 0.2) is 15.8 Å². The van der Waals surface area contributed by atoms with Gasteiger partial charge in [0.2, 0.25) is 0 Å². The van der Waals surface area contributed by atoms with Gasteiger partial charge in [-0.2, -0.15) is 0 Å². The molecule has 0 heterocycles. The average Bonchev–Trinajstić information content (AvgIpc) is 2.65. The Morgan fingerprint density at radius 1 is 1.00 bits per heavy atom. The van der Waals surface area contributed by atoms with Crippen LogP contribution >= 0.6 is 0 Å². The molecule has 28 heavy (non-hydrogen) atoms. The van der Waals surface area contributed by atoms with Gasteiger partial charge in [-0.05, 0) is 47.7 Å². The molecular weight excluding hydrogens is 377 g/mol. The van der Waals surface area contributed by atoms with Crippen LogP contribution in [0.5, 0.6) is 0 Å². The molecule has 152 valence electrons. The van der Waals surface area contributed by atoms with Crippen LogP contribution in [0.2, 0.25) is 0 Å². The van der Waals surface area contributed by atoms with Gasteiger partial charge < -0.3 is 10.6 Å². The minimum absolute atomic E-state index is 0.133. The van der Waals surface area contributed by atoms with E-state index in [1.54, 1.807) is 0 Å². The van der Waals surface area contributed by atoms with E-state index in [4.69, 9.17) is 0 Å². The Hall–Kier alpha value is -2.41. The first kappa shape index (κ1) is 21.9. The lowest BCUT2D eigenvalue weighted by Crippen LogP contribution is -2.37. The number of nitrogens with zero attached hydrogens (tertiary/aromatic N) is 1. The normalized spacial score (nSPS) is 12.1. The van der Waals surface area contributed by atoms with Crippen molar-refractivity contribution in [1.82, 2.24) is 10.6 Å². The highest BCUT2D eigenvalue weighted by Crippen LogP contribution is 2.16. The minimum atomic E-state index is -3.22. The molecule has 0 atom stereocenters. The number of rotatable bonds is 8. The summed E-state index contributed by atoms with van der Waals surface area (Å²) in [5.74, 6) is 0.0617. The molecule has 7 heteroatoms. The van der Waals surface area contributed by atoms with Gasteiger partial charge >= 0.3 is 0 Å². The van der Waals surface area contributed by atoms with E-state index in [2.05, 4.69) is 34.7 Å². The third-order valence-electron chi connectivity index (χ3n) is 4.28. The number of aliphatic imine (C=N–C) groups is 1. The summed E-state index contributed by atoms with van der Waals surface area (Å²) in [4.78, 5) is 4.52. The smallest absolute Gasteiger partial charge is 0.191 e. The van der Waals surface area contributed by atoms with Crippen molar-refractivity contribution in [2.24, 2.45) is 4.99 Å². The molecule has 0 aliphatic carbocycles. The van der Waals surface area contributed by atoms with E-state index in [1.807, 2.05) is 19.1 Å². The van der Waals surface area contributed by atoms with Gasteiger partial charge in [-0.25, -0.2) is 17.8 Å². The molecule has 0 saturated carbocycles. The Labute approximate surface area is 167 Å². The fourth-order valence-corrected chi connectivity index (χ4v) is 3.77. The summed E-state index contributed by atoms with van der Waals surface area (Å²) in [6.07, 6.45) is 2.11. The zero-order valence-corrected chi connectivity index (χ0v) is 17.4. The lowest BCUT2D eigenvalue weighted by atomic mass is 10.1. The van der Waals surface area contributed by atoms with Gasteiger partial charge in [-0.15, -0.1) is 0 Å². The summed E-state index contributed by atoms with van der Waals surface area (Å²) in [6.45, 7) is 5.57. The molecule has 0 aliphatic rings. The quantitative estimate of drug-likeness (QED) is 0.523. The first-order valence-electron chi connectivity index (χ1n) is 9.36. The van der Waals surface area contributed by atoms with E-state index in [0.717, 1.165) is 6.42 Å². The van der Waals surface area contributed by atoms with Crippen molar-refractivity contribution >= 4 is 15.8 Å². The molecule has 2 aromatic carbocycles. The molecule has 2 aromatic rings. The largest absolute Gasteiger partial charge is 0.357 e. The van der Waals surface area contributed by atoms with Crippen molar-refractivity contribution in [3.8, 4) is 0 Å². The summed E-state index contributed by atoms with van der Waals surface area (Å²) in [6, 6.07) is 12.3. The molecule has 0 fully saturated rings. The van der Waals surface area contributed by atoms with Crippen LogP contribution in [0.25, 0.3) is 0 Å². The third kappa shape index (κ3) is 6.96. The Morgan fingerprint density at radius 3 is 2.36 bits per heavy atom. The van der Waals surface area contributed by atoms with Gasteiger partial charge in [0.05, 0.1) is 12.3 Å². The van der Waals surface area contributed by atoms with E-state index < -0.39 is 15.7 Å². The van der Waals surface area contributed by atoms with Crippen LogP contribution in [0, 0.1) is 5.82 Å². The Kier molecular flexibility index (Phi) is 7.99. The number of benzene rings is 2. The fraction of sp³-hybridized carbons (Fsp3) is 0.381. The first-order valence-corrected chi connectivity index (χ1v) is 11.4. The number of halogens is 1. The Balaban J connectivity index is 2.17. The maximum Gasteiger partial charge on any atom is 0.191 e. The molecule has 2 rings (SSSR count). The van der Waals surface area contributed by atoms with Crippen LogP contribution in [0.15, 0.2) is 47.5 Å². The first-order chi connectivity index (χ1) is 13.3. The Bertz CT molecular complexity index is 927. The predicted molar refractivity (Wildman–Crippen MR) is 112 cm³/mol. The summed E-state index contributed by atoms with van der Waals surface area (Å²) in [5.41, 5.74) is 3.60. The molecule has 0 bridgehead atoms. The van der Waals surface area contributed by atoms with Crippen LogP contribution in [-0.2, 0) is 35.1 Å². The van der Waals surface area contributed by atoms with Gasteiger partial charge in [0.1, 0.15) is 5.82 Å². The van der Waals surface area contributed by atoms with Gasteiger partial charge in [0, 0.05) is 19.3 Å². The lowest BCUT2D eigenvalue weighted by molar-refractivity contribution is 0.600. The minimum Gasteiger partial charge on any atom is -0.357 e. The molecule has 0 aliphatic heterocycles. The zero-order valence-electron chi connectivity index (χ0n) is 16.6. The number of guanidine groups is 1. The van der Waals surface area contributed by atoms with Crippen molar-refractivity contribution in [2.75, 3.05) is 12.8 Å². The van der Waals surface area contributed by atoms with Gasteiger partial charge in [-0.1, -0.05) is 37.3 Å². The fourth-order valence-electron chi connectivity index (χ4n) is 2.92. The molecule has 0 saturated heterocycles. The molecule has 0 spiro atoms. The number of sulfone groups is 1. The van der Waals surface area contributed by atoms with Crippen molar-refractivity contribution in [3.05, 3.63) is 70.5 Å². The second-order valence-electron chi connectivity index (χ2n) is 6.65. The molecule has 0 radical (unpaired) electrons. The molecule has 2 N–H and O–H groups in total. The van der Waals surface area contributed by atoms with Crippen LogP contribution in [0.3, 0.4) is 0 Å². The van der Waals surface area contributed by atoms with Crippen molar-refractivity contribution in [2.45, 2.75) is 39.1 Å². The highest BCUT2D eigenvalue weighted by molar-refractivity contribution is 7.89. The van der Waals surface area contributed by atoms with Crippen molar-refractivity contribution in [1.29, 1.82) is 0 Å². The lowest BCUT2D eigenvalue weighted by Gasteiger charge is -2.14. The van der Waals surface area contributed by atoms with Crippen LogP contribution in [-0.4, -0.2) is 27.2 Å². The third-order valence-corrected chi connectivity index (χ3v) is 5.12. The average molecular weight is 406 g/mol. The second-order valence-corrected chi connectivity index (χ2v) is 8.79. The summed E-state index contributed by atoms with van der Waals surface area (Å²) in [5, 5.41) is 6.46. The molecule has 0 aromatic heterocycles. The summed E-state index contributed by atoms with van der Waals surface area (Å²) in [7, 11) is -3.22. The maximum absolute atomic E-state index is 13.7. The van der Waals surface area contributed by atoms with Gasteiger partial charge in [-0.3, -0.25) is 0 Å². The highest BCUT2D eigenvalue weighted by Gasteiger charge is 2.11. The highest BCUT2D eigenvalue weighted by atomic mass is 32.2. The zero-order chi connectivity index (χ0) is 20.6. The van der Waals surface area contributed by atoms with E-state index >= 15 is 0 Å². The molecule has 5 nitrogen and oxygen atoms in total. The second kappa shape index (κ2) is 10.2. The number of hydrogen-bond donors (Lipinski definition) is 2. The van der Waals surface area contributed by atoms with E-state index in [-0.39, 0.29) is 12.3 Å². The summed E-state index contributed by atoms with van der Waals surface area (Å²) >= 11 is 0. The SMILES string of the molecule is CCNC(=NCc1cc(F)ccc1CS(C)(=O)=O)NCc1ccccc1CC. The van der Waals surface area contributed by atoms with Crippen LogP contribution in [0.4, 0.5) is 4.39 Å². The van der Waals surface area contributed by atoms with Crippen LogP contribution in [0.1, 0.15) is 36.1 Å². The number of hydrogen-bond acceptors (Lipinski definition) is 3. The predicted octanol–water partition coefficient (Wildman–Crippen LogP) is 3.19. The van der Waals surface area contributed by atoms with E-state index in [9.17, 15) is 12.8 Å². The maximum atomic E-state index is 13.7. The standard InChI is InChI=1S/C21H28FN3O2S/c1-4-16-8-6-7-9-17(16)13-24-21(23-5-2)25-14-19-12-20(22)11-10-18(19)15-28(3,26)27/h6-12H,4-5,13-15H2,1-3H3,(H2,23,24,25). The number of nitrogens with one attached hydrogen (secondary N) is 2. The number of aryl methyl sites for hydroxylation is 1. The van der Waals surface area contributed by atoms with Crippen molar-refractivity contribution < 1.29 is 12.8 Å². The Morgan fingerprint density at radius 2 is 1.71 bits per heavy atom. The van der Waals surface area contributed by atoms with Gasteiger partial charge in [0.25, 0.3) is 0 Å². The monoisotopic (exact) mass is 405 g/mol. The molecule has 0 unspecified atom stereocenters. The molecular formula is C21H28FN3O2S.